The van der Waals surface area contributed by atoms with E-state index in [0.29, 0.717) is 19.0 Å². The van der Waals surface area contributed by atoms with Gasteiger partial charge in [0.05, 0.1) is 13.2 Å². The summed E-state index contributed by atoms with van der Waals surface area (Å²) in [6, 6.07) is 3.91. The molecule has 0 radical (unpaired) electrons. The molecule has 122 valence electrons. The lowest BCUT2D eigenvalue weighted by Gasteiger charge is -2.20. The standard InChI is InChI=1S/C18H26O4/c1-12(2)10-20-11-15-9-13(3)8-14(4)16(15)21-17(19)22-18(5,6)7/h8-9H,1,10-11H2,2-7H3. The van der Waals surface area contributed by atoms with Gasteiger partial charge in [-0.25, -0.2) is 4.79 Å². The van der Waals surface area contributed by atoms with Crippen LogP contribution in [0.25, 0.3) is 0 Å². The fourth-order valence-corrected chi connectivity index (χ4v) is 1.98. The van der Waals surface area contributed by atoms with Crippen molar-refractivity contribution in [2.45, 2.75) is 53.8 Å². The number of carbonyl (C=O) groups excluding carboxylic acids is 1. The van der Waals surface area contributed by atoms with Gasteiger partial charge in [0, 0.05) is 5.56 Å². The minimum Gasteiger partial charge on any atom is -0.428 e. The van der Waals surface area contributed by atoms with E-state index >= 15 is 0 Å². The SMILES string of the molecule is C=C(C)COCc1cc(C)cc(C)c1OC(=O)OC(C)(C)C. The van der Waals surface area contributed by atoms with E-state index in [-0.39, 0.29) is 0 Å². The van der Waals surface area contributed by atoms with Crippen molar-refractivity contribution < 1.29 is 19.0 Å². The molecule has 0 aliphatic rings. The van der Waals surface area contributed by atoms with Gasteiger partial charge in [0.25, 0.3) is 0 Å². The molecule has 0 amide bonds. The first kappa shape index (κ1) is 18.2. The van der Waals surface area contributed by atoms with E-state index in [0.717, 1.165) is 22.3 Å². The van der Waals surface area contributed by atoms with E-state index in [1.165, 1.54) is 0 Å². The van der Waals surface area contributed by atoms with Crippen LogP contribution in [0, 0.1) is 13.8 Å². The lowest BCUT2D eigenvalue weighted by Crippen LogP contribution is -2.26. The minimum atomic E-state index is -0.708. The van der Waals surface area contributed by atoms with Gasteiger partial charge in [-0.1, -0.05) is 29.8 Å². The lowest BCUT2D eigenvalue weighted by molar-refractivity contribution is 0.0198. The van der Waals surface area contributed by atoms with Crippen molar-refractivity contribution in [1.29, 1.82) is 0 Å². The van der Waals surface area contributed by atoms with E-state index in [1.807, 2.05) is 32.9 Å². The molecule has 0 heterocycles. The molecule has 0 atom stereocenters. The van der Waals surface area contributed by atoms with Gasteiger partial charge in [0.15, 0.2) is 0 Å². The molecular formula is C18H26O4. The van der Waals surface area contributed by atoms with E-state index in [1.54, 1.807) is 20.8 Å². The van der Waals surface area contributed by atoms with Crippen LogP contribution in [0.15, 0.2) is 24.3 Å². The Balaban J connectivity index is 2.91. The van der Waals surface area contributed by atoms with Crippen molar-refractivity contribution in [3.05, 3.63) is 41.0 Å². The highest BCUT2D eigenvalue weighted by Gasteiger charge is 2.20. The van der Waals surface area contributed by atoms with Gasteiger partial charge in [-0.05, 0) is 47.1 Å². The van der Waals surface area contributed by atoms with Gasteiger partial charge < -0.3 is 14.2 Å². The zero-order valence-corrected chi connectivity index (χ0v) is 14.4. The molecule has 0 spiro atoms. The molecule has 0 aromatic heterocycles. The molecule has 1 aromatic rings. The molecular weight excluding hydrogens is 280 g/mol. The molecule has 0 bridgehead atoms. The molecule has 0 fully saturated rings. The van der Waals surface area contributed by atoms with Crippen LogP contribution in [-0.2, 0) is 16.1 Å². The monoisotopic (exact) mass is 306 g/mol. The summed E-state index contributed by atoms with van der Waals surface area (Å²) in [5.74, 6) is 0.501. The Morgan fingerprint density at radius 2 is 1.86 bits per heavy atom. The number of hydrogen-bond donors (Lipinski definition) is 0. The third kappa shape index (κ3) is 6.31. The van der Waals surface area contributed by atoms with Gasteiger partial charge >= 0.3 is 6.16 Å². The molecule has 0 saturated heterocycles. The second-order valence-corrected chi connectivity index (χ2v) is 6.59. The van der Waals surface area contributed by atoms with Gasteiger partial charge in [-0.2, -0.15) is 0 Å². The van der Waals surface area contributed by atoms with Crippen molar-refractivity contribution in [2.75, 3.05) is 6.61 Å². The topological polar surface area (TPSA) is 44.8 Å². The molecule has 0 aliphatic heterocycles. The van der Waals surface area contributed by atoms with Crippen LogP contribution < -0.4 is 4.74 Å². The second-order valence-electron chi connectivity index (χ2n) is 6.59. The van der Waals surface area contributed by atoms with Crippen molar-refractivity contribution >= 4 is 6.16 Å². The first-order chi connectivity index (χ1) is 10.1. The summed E-state index contributed by atoms with van der Waals surface area (Å²) in [5.41, 5.74) is 3.14. The first-order valence-electron chi connectivity index (χ1n) is 7.31. The second kappa shape index (κ2) is 7.45. The van der Waals surface area contributed by atoms with Crippen molar-refractivity contribution in [3.8, 4) is 5.75 Å². The third-order valence-electron chi connectivity index (χ3n) is 2.68. The van der Waals surface area contributed by atoms with Crippen molar-refractivity contribution in [2.24, 2.45) is 0 Å². The van der Waals surface area contributed by atoms with Gasteiger partial charge in [-0.3, -0.25) is 0 Å². The summed E-state index contributed by atoms with van der Waals surface area (Å²) in [5, 5.41) is 0. The van der Waals surface area contributed by atoms with Crippen LogP contribution in [0.5, 0.6) is 5.75 Å². The highest BCUT2D eigenvalue weighted by atomic mass is 16.7. The summed E-state index contributed by atoms with van der Waals surface area (Å²) in [6.07, 6.45) is -0.708. The number of benzene rings is 1. The predicted octanol–water partition coefficient (Wildman–Crippen LogP) is 4.71. The van der Waals surface area contributed by atoms with E-state index in [2.05, 4.69) is 6.58 Å². The molecule has 0 unspecified atom stereocenters. The Bertz CT molecular complexity index is 553. The van der Waals surface area contributed by atoms with E-state index in [9.17, 15) is 4.79 Å². The highest BCUT2D eigenvalue weighted by molar-refractivity contribution is 5.66. The lowest BCUT2D eigenvalue weighted by atomic mass is 10.1. The van der Waals surface area contributed by atoms with E-state index in [4.69, 9.17) is 14.2 Å². The van der Waals surface area contributed by atoms with Crippen LogP contribution in [0.1, 0.15) is 44.4 Å². The summed E-state index contributed by atoms with van der Waals surface area (Å²) in [6.45, 7) is 15.8. The molecule has 4 heteroatoms. The molecule has 1 rings (SSSR count). The minimum absolute atomic E-state index is 0.355. The summed E-state index contributed by atoms with van der Waals surface area (Å²) in [4.78, 5) is 11.9. The Morgan fingerprint density at radius 3 is 2.41 bits per heavy atom. The molecule has 4 nitrogen and oxygen atoms in total. The number of ether oxygens (including phenoxy) is 3. The quantitative estimate of drug-likeness (QED) is 0.449. The Hall–Kier alpha value is -1.81. The number of rotatable bonds is 5. The summed E-state index contributed by atoms with van der Waals surface area (Å²) >= 11 is 0. The molecule has 22 heavy (non-hydrogen) atoms. The van der Waals surface area contributed by atoms with Crippen LogP contribution in [0.3, 0.4) is 0 Å². The predicted molar refractivity (Wildman–Crippen MR) is 87.2 cm³/mol. The smallest absolute Gasteiger partial charge is 0.428 e. The zero-order chi connectivity index (χ0) is 16.9. The van der Waals surface area contributed by atoms with Crippen LogP contribution in [-0.4, -0.2) is 18.4 Å². The maximum atomic E-state index is 11.9. The van der Waals surface area contributed by atoms with Crippen LogP contribution >= 0.6 is 0 Å². The fraction of sp³-hybridized carbons (Fsp3) is 0.500. The highest BCUT2D eigenvalue weighted by Crippen LogP contribution is 2.27. The molecule has 1 aromatic carbocycles. The van der Waals surface area contributed by atoms with Crippen LogP contribution in [0.2, 0.25) is 0 Å². The zero-order valence-electron chi connectivity index (χ0n) is 14.4. The average molecular weight is 306 g/mol. The van der Waals surface area contributed by atoms with Crippen molar-refractivity contribution in [3.63, 3.8) is 0 Å². The van der Waals surface area contributed by atoms with Gasteiger partial charge in [0.1, 0.15) is 11.4 Å². The maximum Gasteiger partial charge on any atom is 0.514 e. The van der Waals surface area contributed by atoms with E-state index < -0.39 is 11.8 Å². The van der Waals surface area contributed by atoms with Crippen LogP contribution in [0.4, 0.5) is 4.79 Å². The van der Waals surface area contributed by atoms with Gasteiger partial charge in [-0.15, -0.1) is 0 Å². The number of hydrogen-bond acceptors (Lipinski definition) is 4. The Labute approximate surface area is 133 Å². The molecule has 0 aliphatic carbocycles. The third-order valence-corrected chi connectivity index (χ3v) is 2.68. The molecule has 0 saturated carbocycles. The van der Waals surface area contributed by atoms with Gasteiger partial charge in [0.2, 0.25) is 0 Å². The Kier molecular flexibility index (Phi) is 6.18. The Morgan fingerprint density at radius 1 is 1.23 bits per heavy atom. The van der Waals surface area contributed by atoms with Crippen molar-refractivity contribution in [1.82, 2.24) is 0 Å². The summed E-state index contributed by atoms with van der Waals surface area (Å²) in [7, 11) is 0. The average Bonchev–Trinajstić information content (AvgIpc) is 2.30. The normalized spacial score (nSPS) is 11.2. The fourth-order valence-electron chi connectivity index (χ4n) is 1.98. The first-order valence-corrected chi connectivity index (χ1v) is 7.31. The number of carbonyl (C=O) groups is 1. The number of aryl methyl sites for hydroxylation is 2. The maximum absolute atomic E-state index is 11.9. The molecule has 0 N–H and O–H groups in total. The largest absolute Gasteiger partial charge is 0.514 e. The summed E-state index contributed by atoms with van der Waals surface area (Å²) < 4.78 is 16.2.